The van der Waals surface area contributed by atoms with E-state index in [1.165, 1.54) is 30.9 Å². The van der Waals surface area contributed by atoms with Crippen molar-refractivity contribution >= 4 is 17.3 Å². The standard InChI is InChI=1S/C22H20N2O5/c1-28-21-11-10-18(24(26)27)15-20(21)23-22(25)17-8-5-9-19(14-17)29-13-12-16-6-3-2-4-7-16/h2-11,14-15H,12-13H2,1H3,(H,23,25). The minimum Gasteiger partial charge on any atom is -0.495 e. The molecule has 1 N–H and O–H groups in total. The van der Waals surface area contributed by atoms with Gasteiger partial charge in [0.1, 0.15) is 11.5 Å². The lowest BCUT2D eigenvalue weighted by Crippen LogP contribution is -2.13. The van der Waals surface area contributed by atoms with Crippen LogP contribution in [0.1, 0.15) is 15.9 Å². The average Bonchev–Trinajstić information content (AvgIpc) is 2.74. The van der Waals surface area contributed by atoms with Gasteiger partial charge in [0, 0.05) is 24.1 Å². The summed E-state index contributed by atoms with van der Waals surface area (Å²) in [4.78, 5) is 23.1. The van der Waals surface area contributed by atoms with Crippen molar-refractivity contribution in [3.8, 4) is 11.5 Å². The number of benzene rings is 3. The highest BCUT2D eigenvalue weighted by Crippen LogP contribution is 2.29. The summed E-state index contributed by atoms with van der Waals surface area (Å²) in [5, 5.41) is 13.6. The van der Waals surface area contributed by atoms with Crippen LogP contribution in [0.3, 0.4) is 0 Å². The van der Waals surface area contributed by atoms with E-state index in [-0.39, 0.29) is 11.4 Å². The van der Waals surface area contributed by atoms with Gasteiger partial charge >= 0.3 is 0 Å². The van der Waals surface area contributed by atoms with Crippen LogP contribution < -0.4 is 14.8 Å². The highest BCUT2D eigenvalue weighted by molar-refractivity contribution is 6.05. The van der Waals surface area contributed by atoms with E-state index in [1.807, 2.05) is 30.3 Å². The van der Waals surface area contributed by atoms with E-state index < -0.39 is 10.8 Å². The Morgan fingerprint density at radius 3 is 2.55 bits per heavy atom. The van der Waals surface area contributed by atoms with Gasteiger partial charge in [0.05, 0.1) is 24.3 Å². The van der Waals surface area contributed by atoms with Gasteiger partial charge in [-0.3, -0.25) is 14.9 Å². The maximum absolute atomic E-state index is 12.6. The molecule has 7 nitrogen and oxygen atoms in total. The topological polar surface area (TPSA) is 90.7 Å². The summed E-state index contributed by atoms with van der Waals surface area (Å²) < 4.78 is 10.9. The predicted octanol–water partition coefficient (Wildman–Crippen LogP) is 4.48. The quantitative estimate of drug-likeness (QED) is 0.451. The van der Waals surface area contributed by atoms with E-state index in [0.29, 0.717) is 23.7 Å². The minimum absolute atomic E-state index is 0.140. The average molecular weight is 392 g/mol. The van der Waals surface area contributed by atoms with E-state index in [0.717, 1.165) is 6.42 Å². The van der Waals surface area contributed by atoms with Crippen LogP contribution in [0.4, 0.5) is 11.4 Å². The van der Waals surface area contributed by atoms with Crippen LogP contribution in [-0.2, 0) is 6.42 Å². The number of carbonyl (C=O) groups is 1. The van der Waals surface area contributed by atoms with Crippen molar-refractivity contribution in [2.45, 2.75) is 6.42 Å². The zero-order valence-electron chi connectivity index (χ0n) is 15.8. The molecule has 3 aromatic carbocycles. The molecule has 29 heavy (non-hydrogen) atoms. The summed E-state index contributed by atoms with van der Waals surface area (Å²) in [5.41, 5.74) is 1.62. The van der Waals surface area contributed by atoms with Crippen LogP contribution in [0.2, 0.25) is 0 Å². The fourth-order valence-electron chi connectivity index (χ4n) is 2.76. The normalized spacial score (nSPS) is 10.2. The smallest absolute Gasteiger partial charge is 0.271 e. The monoisotopic (exact) mass is 392 g/mol. The Morgan fingerprint density at radius 2 is 1.83 bits per heavy atom. The number of nitrogens with zero attached hydrogens (tertiary/aromatic N) is 1. The molecule has 3 aromatic rings. The first kappa shape index (κ1) is 19.9. The first-order valence-corrected chi connectivity index (χ1v) is 8.97. The fraction of sp³-hybridized carbons (Fsp3) is 0.136. The number of carbonyl (C=O) groups excluding carboxylic acids is 1. The van der Waals surface area contributed by atoms with Gasteiger partial charge < -0.3 is 14.8 Å². The maximum atomic E-state index is 12.6. The Kier molecular flexibility index (Phi) is 6.42. The highest BCUT2D eigenvalue weighted by atomic mass is 16.6. The molecule has 0 aliphatic rings. The lowest BCUT2D eigenvalue weighted by Gasteiger charge is -2.11. The van der Waals surface area contributed by atoms with Crippen molar-refractivity contribution in [1.29, 1.82) is 0 Å². The van der Waals surface area contributed by atoms with E-state index in [9.17, 15) is 14.9 Å². The molecule has 0 heterocycles. The number of rotatable bonds is 8. The summed E-state index contributed by atoms with van der Waals surface area (Å²) in [6.45, 7) is 0.480. The zero-order chi connectivity index (χ0) is 20.6. The number of non-ortho nitro benzene ring substituents is 1. The predicted molar refractivity (Wildman–Crippen MR) is 110 cm³/mol. The van der Waals surface area contributed by atoms with Crippen LogP contribution >= 0.6 is 0 Å². The van der Waals surface area contributed by atoms with Crippen molar-refractivity contribution in [1.82, 2.24) is 0 Å². The molecule has 0 spiro atoms. The van der Waals surface area contributed by atoms with Crippen LogP contribution in [0.5, 0.6) is 11.5 Å². The lowest BCUT2D eigenvalue weighted by atomic mass is 10.1. The Morgan fingerprint density at radius 1 is 1.03 bits per heavy atom. The van der Waals surface area contributed by atoms with E-state index in [4.69, 9.17) is 9.47 Å². The molecule has 7 heteroatoms. The van der Waals surface area contributed by atoms with E-state index >= 15 is 0 Å². The van der Waals surface area contributed by atoms with Gasteiger partial charge in [0.2, 0.25) is 0 Å². The van der Waals surface area contributed by atoms with Crippen LogP contribution in [0, 0.1) is 10.1 Å². The molecule has 0 unspecified atom stereocenters. The largest absolute Gasteiger partial charge is 0.495 e. The number of ether oxygens (including phenoxy) is 2. The van der Waals surface area contributed by atoms with Crippen molar-refractivity contribution in [3.05, 3.63) is 94.0 Å². The number of anilines is 1. The molecule has 1 amide bonds. The molecule has 0 atom stereocenters. The maximum Gasteiger partial charge on any atom is 0.271 e. The summed E-state index contributed by atoms with van der Waals surface area (Å²) in [5.74, 6) is 0.483. The molecular formula is C22H20N2O5. The second-order valence-corrected chi connectivity index (χ2v) is 6.21. The van der Waals surface area contributed by atoms with Crippen molar-refractivity contribution in [3.63, 3.8) is 0 Å². The Balaban J connectivity index is 1.68. The molecule has 0 saturated heterocycles. The SMILES string of the molecule is COc1ccc([N+](=O)[O-])cc1NC(=O)c1cccc(OCCc2ccccc2)c1. The zero-order valence-corrected chi connectivity index (χ0v) is 15.8. The molecular weight excluding hydrogens is 372 g/mol. The summed E-state index contributed by atoms with van der Waals surface area (Å²) in [6.07, 6.45) is 0.752. The summed E-state index contributed by atoms with van der Waals surface area (Å²) in [7, 11) is 1.43. The van der Waals surface area contributed by atoms with Gasteiger partial charge in [-0.25, -0.2) is 0 Å². The number of hydrogen-bond acceptors (Lipinski definition) is 5. The Bertz CT molecular complexity index is 1010. The van der Waals surface area contributed by atoms with Crippen LogP contribution in [-0.4, -0.2) is 24.5 Å². The van der Waals surface area contributed by atoms with Gasteiger partial charge in [-0.15, -0.1) is 0 Å². The summed E-state index contributed by atoms with van der Waals surface area (Å²) in [6, 6.07) is 20.7. The first-order valence-electron chi connectivity index (χ1n) is 8.97. The molecule has 148 valence electrons. The number of hydrogen-bond donors (Lipinski definition) is 1. The Labute approximate surface area is 168 Å². The van der Waals surface area contributed by atoms with E-state index in [2.05, 4.69) is 5.32 Å². The molecule has 0 saturated carbocycles. The fourth-order valence-corrected chi connectivity index (χ4v) is 2.76. The number of nitro groups is 1. The molecule has 0 aliphatic carbocycles. The van der Waals surface area contributed by atoms with Gasteiger partial charge in [-0.05, 0) is 29.8 Å². The third-order valence-corrected chi connectivity index (χ3v) is 4.24. The molecule has 0 radical (unpaired) electrons. The number of methoxy groups -OCH3 is 1. The second kappa shape index (κ2) is 9.36. The lowest BCUT2D eigenvalue weighted by molar-refractivity contribution is -0.384. The molecule has 3 rings (SSSR count). The van der Waals surface area contributed by atoms with Gasteiger partial charge in [-0.2, -0.15) is 0 Å². The Hall–Kier alpha value is -3.87. The molecule has 0 aliphatic heterocycles. The van der Waals surface area contributed by atoms with Crippen LogP contribution in [0.25, 0.3) is 0 Å². The number of nitro benzene ring substituents is 1. The van der Waals surface area contributed by atoms with Crippen molar-refractivity contribution in [2.24, 2.45) is 0 Å². The third kappa shape index (κ3) is 5.32. The van der Waals surface area contributed by atoms with Crippen LogP contribution in [0.15, 0.2) is 72.8 Å². The first-order chi connectivity index (χ1) is 14.1. The highest BCUT2D eigenvalue weighted by Gasteiger charge is 2.15. The molecule has 0 aromatic heterocycles. The second-order valence-electron chi connectivity index (χ2n) is 6.21. The van der Waals surface area contributed by atoms with Crippen molar-refractivity contribution in [2.75, 3.05) is 19.0 Å². The van der Waals surface area contributed by atoms with Gasteiger partial charge in [0.25, 0.3) is 11.6 Å². The van der Waals surface area contributed by atoms with Crippen molar-refractivity contribution < 1.29 is 19.2 Å². The van der Waals surface area contributed by atoms with Gasteiger partial charge in [0.15, 0.2) is 0 Å². The number of amides is 1. The van der Waals surface area contributed by atoms with E-state index in [1.54, 1.807) is 24.3 Å². The minimum atomic E-state index is -0.531. The number of nitrogens with one attached hydrogen (secondary N) is 1. The summed E-state index contributed by atoms with van der Waals surface area (Å²) >= 11 is 0. The van der Waals surface area contributed by atoms with Gasteiger partial charge in [-0.1, -0.05) is 36.4 Å². The molecule has 0 fully saturated rings. The molecule has 0 bridgehead atoms. The third-order valence-electron chi connectivity index (χ3n) is 4.24.